The number of anilines is 2. The predicted molar refractivity (Wildman–Crippen MR) is 56.4 cm³/mol. The van der Waals surface area contributed by atoms with Crippen LogP contribution in [-0.4, -0.2) is 26.1 Å². The van der Waals surface area contributed by atoms with Crippen LogP contribution in [0.15, 0.2) is 30.7 Å². The molecule has 2 aromatic heterocycles. The van der Waals surface area contributed by atoms with Gasteiger partial charge in [0.15, 0.2) is 0 Å². The zero-order chi connectivity index (χ0) is 11.4. The van der Waals surface area contributed by atoms with Crippen molar-refractivity contribution in [3.63, 3.8) is 0 Å². The number of aromatic nitrogens is 4. The second-order valence-electron chi connectivity index (χ2n) is 2.86. The van der Waals surface area contributed by atoms with Crippen molar-refractivity contribution in [2.75, 3.05) is 11.1 Å². The third-order valence-electron chi connectivity index (χ3n) is 1.79. The Morgan fingerprint density at radius 3 is 2.81 bits per heavy atom. The van der Waals surface area contributed by atoms with Gasteiger partial charge in [-0.05, 0) is 12.1 Å². The molecule has 0 atom stereocenters. The second-order valence-corrected chi connectivity index (χ2v) is 2.86. The summed E-state index contributed by atoms with van der Waals surface area (Å²) in [6, 6.07) is 3.18. The monoisotopic (exact) mass is 216 g/mol. The Morgan fingerprint density at radius 2 is 2.12 bits per heavy atom. The highest BCUT2D eigenvalue weighted by Crippen LogP contribution is 2.08. The molecule has 80 valence electrons. The summed E-state index contributed by atoms with van der Waals surface area (Å²) >= 11 is 0. The Hall–Kier alpha value is -2.57. The van der Waals surface area contributed by atoms with Gasteiger partial charge in [0.05, 0.1) is 18.0 Å². The molecule has 2 rings (SSSR count). The maximum Gasteiger partial charge on any atom is 0.261 e. The molecule has 0 aliphatic carbocycles. The first-order valence-corrected chi connectivity index (χ1v) is 4.43. The quantitative estimate of drug-likeness (QED) is 0.737. The van der Waals surface area contributed by atoms with Crippen LogP contribution in [0.4, 0.5) is 11.8 Å². The fraction of sp³-hybridized carbons (Fsp3) is 0. The summed E-state index contributed by atoms with van der Waals surface area (Å²) in [5, 5.41) is 9.65. The predicted octanol–water partition coefficient (Wildman–Crippen LogP) is 0.101. The molecule has 0 aliphatic heterocycles. The Morgan fingerprint density at radius 1 is 1.25 bits per heavy atom. The zero-order valence-electron chi connectivity index (χ0n) is 8.16. The number of hydrogen-bond donors (Lipinski definition) is 2. The lowest BCUT2D eigenvalue weighted by atomic mass is 10.2. The molecule has 0 saturated carbocycles. The number of carbonyl (C=O) groups excluding carboxylic acids is 1. The summed E-state index contributed by atoms with van der Waals surface area (Å²) in [4.78, 5) is 19.3. The number of nitrogens with zero attached hydrogens (tertiary/aromatic N) is 4. The molecule has 0 radical (unpaired) electrons. The van der Waals surface area contributed by atoms with E-state index in [1.54, 1.807) is 12.1 Å². The van der Waals surface area contributed by atoms with Crippen molar-refractivity contribution in [1.29, 1.82) is 0 Å². The van der Waals surface area contributed by atoms with Gasteiger partial charge in [0.25, 0.3) is 5.91 Å². The minimum atomic E-state index is -0.418. The smallest absolute Gasteiger partial charge is 0.261 e. The minimum absolute atomic E-state index is 0.121. The SMILES string of the molecule is Nc1ncccc1C(=O)Nc1nccnn1. The molecular weight excluding hydrogens is 208 g/mol. The molecule has 0 spiro atoms. The van der Waals surface area contributed by atoms with E-state index >= 15 is 0 Å². The lowest BCUT2D eigenvalue weighted by Crippen LogP contribution is -2.16. The van der Waals surface area contributed by atoms with Gasteiger partial charge < -0.3 is 5.73 Å². The summed E-state index contributed by atoms with van der Waals surface area (Å²) in [7, 11) is 0. The van der Waals surface area contributed by atoms with Gasteiger partial charge in [0.2, 0.25) is 5.95 Å². The number of hydrogen-bond acceptors (Lipinski definition) is 6. The van der Waals surface area contributed by atoms with E-state index in [4.69, 9.17) is 5.73 Å². The van der Waals surface area contributed by atoms with Crippen LogP contribution in [0.1, 0.15) is 10.4 Å². The average molecular weight is 216 g/mol. The van der Waals surface area contributed by atoms with Crippen LogP contribution in [0.5, 0.6) is 0 Å². The lowest BCUT2D eigenvalue weighted by molar-refractivity contribution is 0.102. The van der Waals surface area contributed by atoms with Gasteiger partial charge in [-0.1, -0.05) is 0 Å². The first-order chi connectivity index (χ1) is 7.77. The highest BCUT2D eigenvalue weighted by Gasteiger charge is 2.11. The van der Waals surface area contributed by atoms with Gasteiger partial charge in [-0.25, -0.2) is 9.97 Å². The highest BCUT2D eigenvalue weighted by atomic mass is 16.1. The van der Waals surface area contributed by atoms with Gasteiger partial charge in [-0.2, -0.15) is 5.10 Å². The van der Waals surface area contributed by atoms with Crippen molar-refractivity contribution in [3.8, 4) is 0 Å². The molecule has 3 N–H and O–H groups in total. The molecule has 16 heavy (non-hydrogen) atoms. The Bertz CT molecular complexity index is 500. The summed E-state index contributed by atoms with van der Waals surface area (Å²) < 4.78 is 0. The fourth-order valence-electron chi connectivity index (χ4n) is 1.08. The number of nitrogens with one attached hydrogen (secondary N) is 1. The molecule has 0 unspecified atom stereocenters. The minimum Gasteiger partial charge on any atom is -0.383 e. The first kappa shape index (κ1) is 9.97. The number of carbonyl (C=O) groups is 1. The zero-order valence-corrected chi connectivity index (χ0v) is 8.16. The molecule has 0 saturated heterocycles. The number of pyridine rings is 1. The van der Waals surface area contributed by atoms with Crippen LogP contribution < -0.4 is 11.1 Å². The summed E-state index contributed by atoms with van der Waals surface area (Å²) in [6.45, 7) is 0. The van der Waals surface area contributed by atoms with E-state index in [2.05, 4.69) is 25.5 Å². The summed E-state index contributed by atoms with van der Waals surface area (Å²) in [5.74, 6) is -0.141. The molecule has 7 nitrogen and oxygen atoms in total. The number of nitrogen functional groups attached to an aromatic ring is 1. The second kappa shape index (κ2) is 4.30. The molecule has 2 aromatic rings. The third-order valence-corrected chi connectivity index (χ3v) is 1.79. The van der Waals surface area contributed by atoms with Crippen molar-refractivity contribution < 1.29 is 4.79 Å². The normalized spacial score (nSPS) is 9.75. The van der Waals surface area contributed by atoms with E-state index in [0.29, 0.717) is 0 Å². The van der Waals surface area contributed by atoms with Crippen molar-refractivity contribution >= 4 is 17.7 Å². The topological polar surface area (TPSA) is 107 Å². The molecule has 0 aliphatic rings. The highest BCUT2D eigenvalue weighted by molar-refractivity contribution is 6.06. The van der Waals surface area contributed by atoms with Crippen molar-refractivity contribution in [2.45, 2.75) is 0 Å². The fourth-order valence-corrected chi connectivity index (χ4v) is 1.08. The van der Waals surface area contributed by atoms with Crippen molar-refractivity contribution in [1.82, 2.24) is 20.2 Å². The lowest BCUT2D eigenvalue weighted by Gasteiger charge is -2.03. The Labute approximate surface area is 90.8 Å². The van der Waals surface area contributed by atoms with Crippen LogP contribution in [-0.2, 0) is 0 Å². The molecule has 1 amide bonds. The third kappa shape index (κ3) is 2.08. The Kier molecular flexibility index (Phi) is 2.68. The van der Waals surface area contributed by atoms with Gasteiger partial charge in [0, 0.05) is 6.20 Å². The summed E-state index contributed by atoms with van der Waals surface area (Å²) in [6.07, 6.45) is 4.34. The summed E-state index contributed by atoms with van der Waals surface area (Å²) in [5.41, 5.74) is 5.82. The van der Waals surface area contributed by atoms with Crippen LogP contribution in [0.25, 0.3) is 0 Å². The number of nitrogens with two attached hydrogens (primary N) is 1. The van der Waals surface area contributed by atoms with Crippen LogP contribution in [0.3, 0.4) is 0 Å². The van der Waals surface area contributed by atoms with E-state index in [0.717, 1.165) is 0 Å². The van der Waals surface area contributed by atoms with Gasteiger partial charge in [-0.3, -0.25) is 10.1 Å². The maximum absolute atomic E-state index is 11.7. The van der Waals surface area contributed by atoms with Gasteiger partial charge in [-0.15, -0.1) is 5.10 Å². The van der Waals surface area contributed by atoms with E-state index < -0.39 is 5.91 Å². The van der Waals surface area contributed by atoms with Gasteiger partial charge in [0.1, 0.15) is 5.82 Å². The number of rotatable bonds is 2. The average Bonchev–Trinajstić information content (AvgIpc) is 2.31. The molecule has 7 heteroatoms. The standard InChI is InChI=1S/C9H8N6O/c10-7-6(2-1-3-11-7)8(16)14-9-12-4-5-13-15-9/h1-5H,(H2,10,11)(H,12,14,15,16). The van der Waals surface area contributed by atoms with E-state index in [1.165, 1.54) is 18.6 Å². The van der Waals surface area contributed by atoms with Crippen LogP contribution >= 0.6 is 0 Å². The Balaban J connectivity index is 2.19. The maximum atomic E-state index is 11.7. The molecule has 0 bridgehead atoms. The van der Waals surface area contributed by atoms with Crippen molar-refractivity contribution in [2.24, 2.45) is 0 Å². The van der Waals surface area contributed by atoms with E-state index in [1.807, 2.05) is 0 Å². The number of amides is 1. The first-order valence-electron chi connectivity index (χ1n) is 4.43. The van der Waals surface area contributed by atoms with Crippen LogP contribution in [0.2, 0.25) is 0 Å². The largest absolute Gasteiger partial charge is 0.383 e. The molecule has 0 aromatic carbocycles. The van der Waals surface area contributed by atoms with Crippen molar-refractivity contribution in [3.05, 3.63) is 36.3 Å². The molecular formula is C9H8N6O. The molecule has 2 heterocycles. The van der Waals surface area contributed by atoms with E-state index in [9.17, 15) is 4.79 Å². The van der Waals surface area contributed by atoms with Crippen LogP contribution in [0, 0.1) is 0 Å². The van der Waals surface area contributed by atoms with Gasteiger partial charge >= 0.3 is 0 Å². The van der Waals surface area contributed by atoms with E-state index in [-0.39, 0.29) is 17.3 Å². The molecule has 0 fully saturated rings.